The molecule has 0 unspecified atom stereocenters. The van der Waals surface area contributed by atoms with E-state index in [1.807, 2.05) is 60.0 Å². The van der Waals surface area contributed by atoms with Crippen molar-refractivity contribution >= 4 is 23.8 Å². The summed E-state index contributed by atoms with van der Waals surface area (Å²) >= 11 is 11.4. The van der Waals surface area contributed by atoms with Gasteiger partial charge in [0.2, 0.25) is 0 Å². The molecular weight excluding hydrogens is 290 g/mol. The fraction of sp³-hybridized carbons (Fsp3) is 0.0667. The number of halogens is 1. The Morgan fingerprint density at radius 1 is 1.15 bits per heavy atom. The van der Waals surface area contributed by atoms with Crippen LogP contribution in [0.1, 0.15) is 5.56 Å². The zero-order valence-corrected chi connectivity index (χ0v) is 12.4. The van der Waals surface area contributed by atoms with Crippen LogP contribution in [-0.2, 0) is 0 Å². The van der Waals surface area contributed by atoms with Gasteiger partial charge in [-0.3, -0.25) is 9.67 Å². The zero-order chi connectivity index (χ0) is 14.1. The van der Waals surface area contributed by atoms with E-state index in [1.165, 1.54) is 0 Å². The van der Waals surface area contributed by atoms with E-state index in [0.717, 1.165) is 22.6 Å². The molecule has 0 atom stereocenters. The second-order valence-electron chi connectivity index (χ2n) is 4.48. The van der Waals surface area contributed by atoms with Gasteiger partial charge >= 0.3 is 0 Å². The van der Waals surface area contributed by atoms with Crippen molar-refractivity contribution in [2.45, 2.75) is 6.92 Å². The number of nitrogens with one attached hydrogen (secondary N) is 1. The minimum atomic E-state index is 0.564. The number of aryl methyl sites for hydroxylation is 1. The van der Waals surface area contributed by atoms with Crippen molar-refractivity contribution < 1.29 is 0 Å². The van der Waals surface area contributed by atoms with Crippen LogP contribution < -0.4 is 0 Å². The Kier molecular flexibility index (Phi) is 3.42. The van der Waals surface area contributed by atoms with Crippen LogP contribution in [0.25, 0.3) is 17.1 Å². The Labute approximate surface area is 126 Å². The molecule has 3 aromatic rings. The number of benzene rings is 2. The van der Waals surface area contributed by atoms with Gasteiger partial charge < -0.3 is 0 Å². The molecule has 1 aromatic heterocycles. The van der Waals surface area contributed by atoms with Crippen molar-refractivity contribution in [2.24, 2.45) is 0 Å². The predicted octanol–water partition coefficient (Wildman–Crippen LogP) is 4.56. The van der Waals surface area contributed by atoms with Crippen molar-refractivity contribution in [1.82, 2.24) is 14.8 Å². The van der Waals surface area contributed by atoms with Crippen LogP contribution in [0.4, 0.5) is 0 Å². The molecule has 0 bridgehead atoms. The average molecular weight is 302 g/mol. The summed E-state index contributed by atoms with van der Waals surface area (Å²) in [6, 6.07) is 15.7. The van der Waals surface area contributed by atoms with E-state index in [4.69, 9.17) is 23.8 Å². The van der Waals surface area contributed by atoms with Crippen LogP contribution in [0.3, 0.4) is 0 Å². The van der Waals surface area contributed by atoms with Crippen LogP contribution >= 0.6 is 23.8 Å². The molecule has 0 aliphatic carbocycles. The summed E-state index contributed by atoms with van der Waals surface area (Å²) in [5.41, 5.74) is 3.04. The minimum absolute atomic E-state index is 0.564. The van der Waals surface area contributed by atoms with Crippen LogP contribution in [0.15, 0.2) is 48.5 Å². The topological polar surface area (TPSA) is 33.6 Å². The highest BCUT2D eigenvalue weighted by Crippen LogP contribution is 2.25. The molecule has 5 heteroatoms. The minimum Gasteiger partial charge on any atom is -0.268 e. The SMILES string of the molecule is Cc1cc(Cl)ccc1-n1c(-c2ccccc2)n[nH]c1=S. The van der Waals surface area contributed by atoms with Crippen LogP contribution in [0.5, 0.6) is 0 Å². The van der Waals surface area contributed by atoms with Gasteiger partial charge in [0.05, 0.1) is 5.69 Å². The predicted molar refractivity (Wildman–Crippen MR) is 83.9 cm³/mol. The molecule has 0 saturated carbocycles. The second kappa shape index (κ2) is 5.23. The smallest absolute Gasteiger partial charge is 0.200 e. The number of rotatable bonds is 2. The molecule has 3 rings (SSSR count). The van der Waals surface area contributed by atoms with Gasteiger partial charge in [0, 0.05) is 10.6 Å². The first-order chi connectivity index (χ1) is 9.66. The Balaban J connectivity index is 2.25. The highest BCUT2D eigenvalue weighted by atomic mass is 35.5. The van der Waals surface area contributed by atoms with Gasteiger partial charge in [0.15, 0.2) is 10.6 Å². The average Bonchev–Trinajstić information content (AvgIpc) is 2.82. The maximum Gasteiger partial charge on any atom is 0.200 e. The molecule has 20 heavy (non-hydrogen) atoms. The van der Waals surface area contributed by atoms with Crippen molar-refractivity contribution in [3.05, 3.63) is 63.9 Å². The third kappa shape index (κ3) is 2.28. The lowest BCUT2D eigenvalue weighted by atomic mass is 10.1. The third-order valence-corrected chi connectivity index (χ3v) is 3.61. The molecule has 2 aromatic carbocycles. The third-order valence-electron chi connectivity index (χ3n) is 3.10. The normalized spacial score (nSPS) is 10.7. The van der Waals surface area contributed by atoms with Crippen LogP contribution in [0.2, 0.25) is 5.02 Å². The van der Waals surface area contributed by atoms with E-state index in [0.29, 0.717) is 9.79 Å². The van der Waals surface area contributed by atoms with E-state index in [1.54, 1.807) is 0 Å². The number of aromatic amines is 1. The first kappa shape index (κ1) is 13.1. The molecule has 0 amide bonds. The van der Waals surface area contributed by atoms with Crippen LogP contribution in [-0.4, -0.2) is 14.8 Å². The fourth-order valence-corrected chi connectivity index (χ4v) is 2.63. The first-order valence-electron chi connectivity index (χ1n) is 6.16. The number of H-pyrrole nitrogens is 1. The quantitative estimate of drug-likeness (QED) is 0.704. The lowest BCUT2D eigenvalue weighted by Gasteiger charge is -2.10. The molecule has 1 heterocycles. The van der Waals surface area contributed by atoms with E-state index in [2.05, 4.69) is 10.2 Å². The molecule has 0 aliphatic rings. The van der Waals surface area contributed by atoms with Crippen molar-refractivity contribution in [3.63, 3.8) is 0 Å². The van der Waals surface area contributed by atoms with Gasteiger partial charge in [-0.1, -0.05) is 41.9 Å². The summed E-state index contributed by atoms with van der Waals surface area (Å²) in [6.07, 6.45) is 0. The summed E-state index contributed by atoms with van der Waals surface area (Å²) in [6.45, 7) is 2.00. The van der Waals surface area contributed by atoms with Gasteiger partial charge in [0.25, 0.3) is 0 Å². The molecular formula is C15H12ClN3S. The van der Waals surface area contributed by atoms with Gasteiger partial charge in [-0.25, -0.2) is 0 Å². The summed E-state index contributed by atoms with van der Waals surface area (Å²) in [4.78, 5) is 0. The van der Waals surface area contributed by atoms with Gasteiger partial charge in [-0.2, -0.15) is 5.10 Å². The Bertz CT molecular complexity index is 805. The van der Waals surface area contributed by atoms with Crippen molar-refractivity contribution in [1.29, 1.82) is 0 Å². The molecule has 0 spiro atoms. The van der Waals surface area contributed by atoms with E-state index in [9.17, 15) is 0 Å². The molecule has 0 aliphatic heterocycles. The summed E-state index contributed by atoms with van der Waals surface area (Å²) in [5.74, 6) is 0.793. The first-order valence-corrected chi connectivity index (χ1v) is 6.95. The number of hydrogen-bond donors (Lipinski definition) is 1. The zero-order valence-electron chi connectivity index (χ0n) is 10.8. The molecule has 0 radical (unpaired) electrons. The molecule has 0 fully saturated rings. The van der Waals surface area contributed by atoms with E-state index < -0.39 is 0 Å². The fourth-order valence-electron chi connectivity index (χ4n) is 2.17. The van der Waals surface area contributed by atoms with Crippen molar-refractivity contribution in [2.75, 3.05) is 0 Å². The molecule has 0 saturated heterocycles. The van der Waals surface area contributed by atoms with Crippen molar-refractivity contribution in [3.8, 4) is 17.1 Å². The lowest BCUT2D eigenvalue weighted by Crippen LogP contribution is -2.00. The molecule has 3 nitrogen and oxygen atoms in total. The Morgan fingerprint density at radius 2 is 1.90 bits per heavy atom. The standard InChI is InChI=1S/C15H12ClN3S/c1-10-9-12(16)7-8-13(10)19-14(17-18-15(19)20)11-5-3-2-4-6-11/h2-9H,1H3,(H,18,20). The van der Waals surface area contributed by atoms with Crippen LogP contribution in [0, 0.1) is 11.7 Å². The van der Waals surface area contributed by atoms with Gasteiger partial charge in [-0.15, -0.1) is 0 Å². The number of nitrogens with zero attached hydrogens (tertiary/aromatic N) is 2. The van der Waals surface area contributed by atoms with Gasteiger partial charge in [0.1, 0.15) is 0 Å². The summed E-state index contributed by atoms with van der Waals surface area (Å²) in [5, 5.41) is 7.91. The number of aromatic nitrogens is 3. The maximum atomic E-state index is 6.02. The Morgan fingerprint density at radius 3 is 2.60 bits per heavy atom. The monoisotopic (exact) mass is 301 g/mol. The van der Waals surface area contributed by atoms with E-state index in [-0.39, 0.29) is 0 Å². The highest BCUT2D eigenvalue weighted by Gasteiger charge is 2.12. The molecule has 1 N–H and O–H groups in total. The lowest BCUT2D eigenvalue weighted by molar-refractivity contribution is 1.02. The summed E-state index contributed by atoms with van der Waals surface area (Å²) < 4.78 is 2.49. The van der Waals surface area contributed by atoms with Gasteiger partial charge in [-0.05, 0) is 42.9 Å². The van der Waals surface area contributed by atoms with E-state index >= 15 is 0 Å². The largest absolute Gasteiger partial charge is 0.268 e. The second-order valence-corrected chi connectivity index (χ2v) is 5.31. The highest BCUT2D eigenvalue weighted by molar-refractivity contribution is 7.71. The number of hydrogen-bond acceptors (Lipinski definition) is 2. The maximum absolute atomic E-state index is 6.02. The summed E-state index contributed by atoms with van der Waals surface area (Å²) in [7, 11) is 0. The Hall–Kier alpha value is -1.91. The molecule has 100 valence electrons.